The van der Waals surface area contributed by atoms with Crippen LogP contribution >= 0.6 is 28.3 Å². The van der Waals surface area contributed by atoms with Gasteiger partial charge in [0, 0.05) is 22.6 Å². The first kappa shape index (κ1) is 18.9. The molecule has 0 aliphatic heterocycles. The number of anilines is 1. The summed E-state index contributed by atoms with van der Waals surface area (Å²) in [5.74, 6) is -0.489. The SMILES string of the molecule is Cc1cc(NC(=O)CNC(=O)CC(C)N)ccc1Br.Cl. The van der Waals surface area contributed by atoms with Crippen LogP contribution in [0.3, 0.4) is 0 Å². The van der Waals surface area contributed by atoms with Crippen LogP contribution in [0.15, 0.2) is 22.7 Å². The Labute approximate surface area is 133 Å². The predicted octanol–water partition coefficient (Wildman–Crippen LogP) is 1.97. The number of carbonyl (C=O) groups excluding carboxylic acids is 2. The second-order valence-electron chi connectivity index (χ2n) is 4.47. The lowest BCUT2D eigenvalue weighted by molar-refractivity contribution is -0.124. The summed E-state index contributed by atoms with van der Waals surface area (Å²) in [5, 5.41) is 5.23. The van der Waals surface area contributed by atoms with E-state index in [2.05, 4.69) is 26.6 Å². The Hall–Kier alpha value is -1.11. The molecule has 0 spiro atoms. The minimum Gasteiger partial charge on any atom is -0.347 e. The normalized spacial score (nSPS) is 11.2. The molecule has 112 valence electrons. The summed E-state index contributed by atoms with van der Waals surface area (Å²) in [4.78, 5) is 23.0. The molecular weight excluding hydrogens is 346 g/mol. The third kappa shape index (κ3) is 6.88. The quantitative estimate of drug-likeness (QED) is 0.747. The number of benzene rings is 1. The highest BCUT2D eigenvalue weighted by molar-refractivity contribution is 9.10. The molecule has 0 saturated heterocycles. The number of amides is 2. The highest BCUT2D eigenvalue weighted by Gasteiger charge is 2.08. The number of nitrogens with one attached hydrogen (secondary N) is 2. The van der Waals surface area contributed by atoms with Crippen molar-refractivity contribution in [2.24, 2.45) is 5.73 Å². The molecule has 0 heterocycles. The van der Waals surface area contributed by atoms with Crippen LogP contribution in [0.1, 0.15) is 18.9 Å². The van der Waals surface area contributed by atoms with Gasteiger partial charge in [0.25, 0.3) is 0 Å². The van der Waals surface area contributed by atoms with E-state index in [1.54, 1.807) is 13.0 Å². The number of halogens is 2. The standard InChI is InChI=1S/C13H18BrN3O2.ClH/c1-8-5-10(3-4-11(8)14)17-13(19)7-16-12(18)6-9(2)15;/h3-5,9H,6-7,15H2,1-2H3,(H,16,18)(H,17,19);1H. The van der Waals surface area contributed by atoms with E-state index < -0.39 is 0 Å². The van der Waals surface area contributed by atoms with Gasteiger partial charge in [-0.1, -0.05) is 15.9 Å². The fourth-order valence-corrected chi connectivity index (χ4v) is 1.72. The number of aryl methyl sites for hydroxylation is 1. The number of hydrogen-bond donors (Lipinski definition) is 3. The smallest absolute Gasteiger partial charge is 0.243 e. The average molecular weight is 365 g/mol. The minimum absolute atomic E-state index is 0. The van der Waals surface area contributed by atoms with Gasteiger partial charge in [-0.15, -0.1) is 12.4 Å². The highest BCUT2D eigenvalue weighted by atomic mass is 79.9. The lowest BCUT2D eigenvalue weighted by Gasteiger charge is -2.09. The van der Waals surface area contributed by atoms with Crippen molar-refractivity contribution < 1.29 is 9.59 Å². The number of hydrogen-bond acceptors (Lipinski definition) is 3. The van der Waals surface area contributed by atoms with Crippen LogP contribution in [-0.2, 0) is 9.59 Å². The van der Waals surface area contributed by atoms with Crippen LogP contribution in [0, 0.1) is 6.92 Å². The van der Waals surface area contributed by atoms with Crippen molar-refractivity contribution in [2.45, 2.75) is 26.3 Å². The second-order valence-corrected chi connectivity index (χ2v) is 5.32. The zero-order chi connectivity index (χ0) is 14.4. The van der Waals surface area contributed by atoms with Gasteiger partial charge < -0.3 is 16.4 Å². The fourth-order valence-electron chi connectivity index (χ4n) is 1.47. The van der Waals surface area contributed by atoms with E-state index in [1.807, 2.05) is 19.1 Å². The summed E-state index contributed by atoms with van der Waals surface area (Å²) in [5.41, 5.74) is 7.22. The van der Waals surface area contributed by atoms with E-state index in [-0.39, 0.29) is 43.2 Å². The number of carbonyl (C=O) groups is 2. The Morgan fingerprint density at radius 2 is 2.00 bits per heavy atom. The molecule has 0 radical (unpaired) electrons. The third-order valence-corrected chi connectivity index (χ3v) is 3.28. The first-order chi connectivity index (χ1) is 8.88. The summed E-state index contributed by atoms with van der Waals surface area (Å²) in [6, 6.07) is 5.29. The molecule has 1 aromatic rings. The van der Waals surface area contributed by atoms with Gasteiger partial charge in [-0.2, -0.15) is 0 Å². The highest BCUT2D eigenvalue weighted by Crippen LogP contribution is 2.19. The summed E-state index contributed by atoms with van der Waals surface area (Å²) in [7, 11) is 0. The molecule has 0 bridgehead atoms. The maximum absolute atomic E-state index is 11.6. The van der Waals surface area contributed by atoms with Gasteiger partial charge >= 0.3 is 0 Å². The van der Waals surface area contributed by atoms with Crippen LogP contribution in [0.2, 0.25) is 0 Å². The van der Waals surface area contributed by atoms with Crippen LogP contribution in [0.4, 0.5) is 5.69 Å². The summed E-state index contributed by atoms with van der Waals surface area (Å²) < 4.78 is 0.982. The summed E-state index contributed by atoms with van der Waals surface area (Å²) in [6.45, 7) is 3.62. The molecule has 7 heteroatoms. The molecule has 0 aromatic heterocycles. The van der Waals surface area contributed by atoms with Crippen LogP contribution in [0.5, 0.6) is 0 Å². The molecule has 0 saturated carbocycles. The molecule has 0 aliphatic rings. The maximum Gasteiger partial charge on any atom is 0.243 e. The fraction of sp³-hybridized carbons (Fsp3) is 0.385. The number of nitrogens with two attached hydrogens (primary N) is 1. The van der Waals surface area contributed by atoms with Gasteiger partial charge in [-0.05, 0) is 37.6 Å². The van der Waals surface area contributed by atoms with Crippen molar-refractivity contribution in [3.63, 3.8) is 0 Å². The van der Waals surface area contributed by atoms with E-state index in [0.717, 1.165) is 10.0 Å². The zero-order valence-corrected chi connectivity index (χ0v) is 13.8. The Kier molecular flexibility index (Phi) is 8.45. The van der Waals surface area contributed by atoms with Crippen LogP contribution in [-0.4, -0.2) is 24.4 Å². The third-order valence-electron chi connectivity index (χ3n) is 2.40. The van der Waals surface area contributed by atoms with E-state index in [0.29, 0.717) is 5.69 Å². The van der Waals surface area contributed by atoms with Crippen molar-refractivity contribution >= 4 is 45.8 Å². The monoisotopic (exact) mass is 363 g/mol. The van der Waals surface area contributed by atoms with Gasteiger partial charge in [0.15, 0.2) is 0 Å². The van der Waals surface area contributed by atoms with Gasteiger partial charge in [-0.25, -0.2) is 0 Å². The van der Waals surface area contributed by atoms with E-state index in [1.165, 1.54) is 0 Å². The van der Waals surface area contributed by atoms with Crippen molar-refractivity contribution in [1.29, 1.82) is 0 Å². The Morgan fingerprint density at radius 3 is 2.55 bits per heavy atom. The van der Waals surface area contributed by atoms with Gasteiger partial charge in [0.2, 0.25) is 11.8 Å². The van der Waals surface area contributed by atoms with Gasteiger partial charge in [0.05, 0.1) is 6.54 Å². The van der Waals surface area contributed by atoms with E-state index in [9.17, 15) is 9.59 Å². The van der Waals surface area contributed by atoms with Crippen molar-refractivity contribution in [3.05, 3.63) is 28.2 Å². The predicted molar refractivity (Wildman–Crippen MR) is 86.0 cm³/mol. The first-order valence-electron chi connectivity index (χ1n) is 5.96. The molecule has 0 aliphatic carbocycles. The van der Waals surface area contributed by atoms with Gasteiger partial charge in [-0.3, -0.25) is 9.59 Å². The molecule has 20 heavy (non-hydrogen) atoms. The first-order valence-corrected chi connectivity index (χ1v) is 6.76. The second kappa shape index (κ2) is 8.94. The minimum atomic E-state index is -0.264. The Bertz CT molecular complexity index is 481. The van der Waals surface area contributed by atoms with Crippen molar-refractivity contribution in [3.8, 4) is 0 Å². The van der Waals surface area contributed by atoms with Gasteiger partial charge in [0.1, 0.15) is 0 Å². The molecule has 2 amide bonds. The van der Waals surface area contributed by atoms with E-state index >= 15 is 0 Å². The molecule has 1 rings (SSSR count). The Morgan fingerprint density at radius 1 is 1.35 bits per heavy atom. The zero-order valence-electron chi connectivity index (χ0n) is 11.4. The molecule has 5 nitrogen and oxygen atoms in total. The Balaban J connectivity index is 0.00000361. The lowest BCUT2D eigenvalue weighted by atomic mass is 10.2. The van der Waals surface area contributed by atoms with Crippen molar-refractivity contribution in [1.82, 2.24) is 5.32 Å². The van der Waals surface area contributed by atoms with Crippen molar-refractivity contribution in [2.75, 3.05) is 11.9 Å². The molecule has 4 N–H and O–H groups in total. The molecule has 1 unspecified atom stereocenters. The molecule has 1 aromatic carbocycles. The maximum atomic E-state index is 11.6. The van der Waals surface area contributed by atoms with Crippen LogP contribution in [0.25, 0.3) is 0 Å². The number of rotatable bonds is 5. The average Bonchev–Trinajstić information content (AvgIpc) is 2.30. The van der Waals surface area contributed by atoms with E-state index in [4.69, 9.17) is 5.73 Å². The molecule has 0 fully saturated rings. The largest absolute Gasteiger partial charge is 0.347 e. The van der Waals surface area contributed by atoms with Crippen LogP contribution < -0.4 is 16.4 Å². The molecule has 1 atom stereocenters. The summed E-state index contributed by atoms with van der Waals surface area (Å²) >= 11 is 3.39. The topological polar surface area (TPSA) is 84.2 Å². The summed E-state index contributed by atoms with van der Waals surface area (Å²) in [6.07, 6.45) is 0.213. The lowest BCUT2D eigenvalue weighted by Crippen LogP contribution is -2.35. The molecular formula is C13H19BrClN3O2.